The Morgan fingerprint density at radius 3 is 2.32 bits per heavy atom. The third-order valence-corrected chi connectivity index (χ3v) is 6.65. The third-order valence-electron chi connectivity index (χ3n) is 4.79. The minimum atomic E-state index is -3.88. The number of ether oxygens (including phenoxy) is 1. The molecule has 2 aromatic rings. The lowest BCUT2D eigenvalue weighted by atomic mass is 10.1. The maximum Gasteiger partial charge on any atom is 0.325 e. The van der Waals surface area contributed by atoms with Crippen LogP contribution < -0.4 is 15.5 Å². The Hall–Kier alpha value is -3.18. The molecule has 0 aliphatic rings. The van der Waals surface area contributed by atoms with E-state index < -0.39 is 27.8 Å². The van der Waals surface area contributed by atoms with Crippen molar-refractivity contribution in [2.24, 2.45) is 0 Å². The van der Waals surface area contributed by atoms with Crippen LogP contribution >= 0.6 is 0 Å². The number of esters is 1. The molecule has 2 amide bonds. The highest BCUT2D eigenvalue weighted by Crippen LogP contribution is 2.27. The molecule has 0 aliphatic carbocycles. The van der Waals surface area contributed by atoms with Gasteiger partial charge in [0.2, 0.25) is 10.0 Å². The van der Waals surface area contributed by atoms with Gasteiger partial charge in [-0.2, -0.15) is 4.31 Å². The predicted molar refractivity (Wildman–Crippen MR) is 129 cm³/mol. The van der Waals surface area contributed by atoms with E-state index in [0.717, 1.165) is 17.8 Å². The van der Waals surface area contributed by atoms with Gasteiger partial charge in [0.25, 0.3) is 0 Å². The quantitative estimate of drug-likeness (QED) is 0.465. The first-order valence-electron chi connectivity index (χ1n) is 10.8. The zero-order chi connectivity index (χ0) is 25.3. The molecule has 9 nitrogen and oxygen atoms in total. The second kappa shape index (κ2) is 12.3. The highest BCUT2D eigenvalue weighted by atomic mass is 32.2. The van der Waals surface area contributed by atoms with Gasteiger partial charge in [-0.25, -0.2) is 17.6 Å². The van der Waals surface area contributed by atoms with Crippen LogP contribution in [0, 0.1) is 5.82 Å². The van der Waals surface area contributed by atoms with Crippen molar-refractivity contribution >= 4 is 33.4 Å². The number of rotatable bonds is 11. The largest absolute Gasteiger partial charge is 0.465 e. The van der Waals surface area contributed by atoms with Crippen LogP contribution in [0.25, 0.3) is 0 Å². The molecule has 0 radical (unpaired) electrons. The summed E-state index contributed by atoms with van der Waals surface area (Å²) < 4.78 is 45.9. The zero-order valence-electron chi connectivity index (χ0n) is 19.8. The number of halogens is 1. The summed E-state index contributed by atoms with van der Waals surface area (Å²) in [6.45, 7) is 3.77. The van der Waals surface area contributed by atoms with Gasteiger partial charge >= 0.3 is 12.0 Å². The van der Waals surface area contributed by atoms with E-state index in [1.807, 2.05) is 25.9 Å². The van der Waals surface area contributed by atoms with Gasteiger partial charge in [-0.15, -0.1) is 0 Å². The van der Waals surface area contributed by atoms with Crippen molar-refractivity contribution in [2.45, 2.75) is 31.7 Å². The van der Waals surface area contributed by atoms with Crippen molar-refractivity contribution in [3.8, 4) is 0 Å². The monoisotopic (exact) mass is 494 g/mol. The van der Waals surface area contributed by atoms with Crippen LogP contribution in [0.1, 0.15) is 25.8 Å². The highest BCUT2D eigenvalue weighted by molar-refractivity contribution is 7.89. The summed E-state index contributed by atoms with van der Waals surface area (Å²) in [5.41, 5.74) is 1.86. The number of hydrogen-bond donors (Lipinski definition) is 2. The van der Waals surface area contributed by atoms with Gasteiger partial charge in [0.1, 0.15) is 12.4 Å². The Bertz CT molecular complexity index is 1090. The highest BCUT2D eigenvalue weighted by Gasteiger charge is 2.25. The van der Waals surface area contributed by atoms with Crippen LogP contribution in [0.4, 0.5) is 20.6 Å². The lowest BCUT2D eigenvalue weighted by Gasteiger charge is -2.25. The van der Waals surface area contributed by atoms with Crippen LogP contribution in [-0.4, -0.2) is 58.5 Å². The minimum absolute atomic E-state index is 0.00127. The average Bonchev–Trinajstić information content (AvgIpc) is 2.78. The number of anilines is 2. The molecule has 0 saturated heterocycles. The Labute approximate surface area is 199 Å². The maximum atomic E-state index is 13.3. The van der Waals surface area contributed by atoms with Crippen LogP contribution in [0.15, 0.2) is 47.4 Å². The fraction of sp³-hybridized carbons (Fsp3) is 0.391. The van der Waals surface area contributed by atoms with Crippen molar-refractivity contribution in [3.05, 3.63) is 53.8 Å². The second-order valence-electron chi connectivity index (χ2n) is 7.64. The first kappa shape index (κ1) is 27.1. The number of carbonyl (C=O) groups is 2. The zero-order valence-corrected chi connectivity index (χ0v) is 20.6. The fourth-order valence-corrected chi connectivity index (χ4v) is 4.76. The summed E-state index contributed by atoms with van der Waals surface area (Å²) >= 11 is 0. The van der Waals surface area contributed by atoms with Crippen molar-refractivity contribution in [1.29, 1.82) is 0 Å². The van der Waals surface area contributed by atoms with Gasteiger partial charge < -0.3 is 20.3 Å². The SMILES string of the molecule is CCCN(Cc1cc(NC(=O)NCC(=O)OCC)ccc1N(C)C)S(=O)(=O)c1ccc(F)cc1. The van der Waals surface area contributed by atoms with Crippen molar-refractivity contribution in [1.82, 2.24) is 9.62 Å². The average molecular weight is 495 g/mol. The van der Waals surface area contributed by atoms with Gasteiger partial charge in [0.15, 0.2) is 0 Å². The van der Waals surface area contributed by atoms with Gasteiger partial charge in [-0.05, 0) is 61.4 Å². The normalized spacial score (nSPS) is 11.2. The van der Waals surface area contributed by atoms with E-state index in [0.29, 0.717) is 17.7 Å². The van der Waals surface area contributed by atoms with Gasteiger partial charge in [0, 0.05) is 38.6 Å². The Morgan fingerprint density at radius 1 is 1.06 bits per heavy atom. The molecular formula is C23H31FN4O5S. The standard InChI is InChI=1S/C23H31FN4O5S/c1-5-13-28(34(31,32)20-10-7-18(24)8-11-20)16-17-14-19(9-12-21(17)27(3)4)26-23(30)25-15-22(29)33-6-2/h7-12,14H,5-6,13,15-16H2,1-4H3,(H2,25,26,30). The topological polar surface area (TPSA) is 108 Å². The van der Waals surface area contributed by atoms with E-state index in [1.165, 1.54) is 16.4 Å². The summed E-state index contributed by atoms with van der Waals surface area (Å²) in [7, 11) is -0.223. The van der Waals surface area contributed by atoms with E-state index in [2.05, 4.69) is 10.6 Å². The molecule has 0 aromatic heterocycles. The van der Waals surface area contributed by atoms with Gasteiger partial charge in [-0.3, -0.25) is 4.79 Å². The third kappa shape index (κ3) is 7.42. The Balaban J connectivity index is 2.29. The van der Waals surface area contributed by atoms with E-state index in [1.54, 1.807) is 25.1 Å². The first-order chi connectivity index (χ1) is 16.1. The lowest BCUT2D eigenvalue weighted by molar-refractivity contribution is -0.141. The summed E-state index contributed by atoms with van der Waals surface area (Å²) in [5, 5.41) is 5.05. The Kier molecular flexibility index (Phi) is 9.82. The molecule has 0 fully saturated rings. The molecule has 0 atom stereocenters. The number of sulfonamides is 1. The Morgan fingerprint density at radius 2 is 1.74 bits per heavy atom. The fourth-order valence-electron chi connectivity index (χ4n) is 3.25. The predicted octanol–water partition coefficient (Wildman–Crippen LogP) is 3.18. The smallest absolute Gasteiger partial charge is 0.325 e. The van der Waals surface area contributed by atoms with Crippen molar-refractivity contribution < 1.29 is 27.1 Å². The van der Waals surface area contributed by atoms with E-state index in [-0.39, 0.29) is 31.1 Å². The van der Waals surface area contributed by atoms with Crippen molar-refractivity contribution in [2.75, 3.05) is 44.0 Å². The van der Waals surface area contributed by atoms with Crippen LogP contribution in [0.2, 0.25) is 0 Å². The molecule has 0 spiro atoms. The molecular weight excluding hydrogens is 463 g/mol. The summed E-state index contributed by atoms with van der Waals surface area (Å²) in [5.74, 6) is -1.07. The first-order valence-corrected chi connectivity index (χ1v) is 12.3. The molecule has 0 unspecified atom stereocenters. The number of nitrogens with one attached hydrogen (secondary N) is 2. The molecule has 0 saturated carbocycles. The number of urea groups is 1. The van der Waals surface area contributed by atoms with Crippen LogP contribution in [-0.2, 0) is 26.1 Å². The molecule has 0 heterocycles. The molecule has 11 heteroatoms. The maximum absolute atomic E-state index is 13.3. The number of hydrogen-bond acceptors (Lipinski definition) is 6. The summed E-state index contributed by atoms with van der Waals surface area (Å²) in [6, 6.07) is 9.25. The molecule has 34 heavy (non-hydrogen) atoms. The molecule has 2 rings (SSSR count). The number of amides is 2. The van der Waals surface area contributed by atoms with E-state index in [4.69, 9.17) is 4.74 Å². The van der Waals surface area contributed by atoms with Crippen LogP contribution in [0.5, 0.6) is 0 Å². The summed E-state index contributed by atoms with van der Waals surface area (Å²) in [4.78, 5) is 25.4. The molecule has 0 bridgehead atoms. The van der Waals surface area contributed by atoms with E-state index in [9.17, 15) is 22.4 Å². The van der Waals surface area contributed by atoms with Gasteiger partial charge in [-0.1, -0.05) is 6.92 Å². The molecule has 0 aliphatic heterocycles. The number of benzene rings is 2. The van der Waals surface area contributed by atoms with Crippen LogP contribution in [0.3, 0.4) is 0 Å². The lowest BCUT2D eigenvalue weighted by Crippen LogP contribution is -2.34. The number of carbonyl (C=O) groups excluding carboxylic acids is 2. The second-order valence-corrected chi connectivity index (χ2v) is 9.58. The number of nitrogens with zero attached hydrogens (tertiary/aromatic N) is 2. The summed E-state index contributed by atoms with van der Waals surface area (Å²) in [6.07, 6.45) is 0.575. The molecule has 2 N–H and O–H groups in total. The van der Waals surface area contributed by atoms with Gasteiger partial charge in [0.05, 0.1) is 11.5 Å². The molecule has 2 aromatic carbocycles. The van der Waals surface area contributed by atoms with E-state index >= 15 is 0 Å². The molecule has 186 valence electrons. The minimum Gasteiger partial charge on any atom is -0.465 e. The van der Waals surface area contributed by atoms with Crippen molar-refractivity contribution in [3.63, 3.8) is 0 Å².